The van der Waals surface area contributed by atoms with Crippen LogP contribution in [0.5, 0.6) is 0 Å². The first kappa shape index (κ1) is 25.2. The summed E-state index contributed by atoms with van der Waals surface area (Å²) in [5.41, 5.74) is 4.31. The second-order valence-electron chi connectivity index (χ2n) is 7.86. The lowest BCUT2D eigenvalue weighted by atomic mass is 10.1. The van der Waals surface area contributed by atoms with Gasteiger partial charge in [-0.15, -0.1) is 27.7 Å². The van der Waals surface area contributed by atoms with E-state index in [-0.39, 0.29) is 17.9 Å². The summed E-state index contributed by atoms with van der Waals surface area (Å²) >= 11 is 2.07. The zero-order chi connectivity index (χ0) is 24.2. The van der Waals surface area contributed by atoms with Crippen LogP contribution in [0.4, 0.5) is 5.82 Å². The standard InChI is InChI=1S/C23H24IN6OP3/c1-13-6-16-7-14(3-5-19(16)28-21(13)29-24)22(31)30(12-20-26-9-18(32)10-27-20)11-17-4-2-15(8-25-17)23(33)34/h2-10,23H,11-12,32-34H2,1H3,(H,28,29). The second kappa shape index (κ2) is 11.3. The second-order valence-corrected chi connectivity index (χ2v) is 11.3. The van der Waals surface area contributed by atoms with Crippen LogP contribution in [0, 0.1) is 6.92 Å². The van der Waals surface area contributed by atoms with Crippen molar-refractivity contribution in [1.29, 1.82) is 0 Å². The molecule has 1 amide bonds. The summed E-state index contributed by atoms with van der Waals surface area (Å²) in [4.78, 5) is 33.3. The molecule has 0 bridgehead atoms. The van der Waals surface area contributed by atoms with E-state index < -0.39 is 0 Å². The van der Waals surface area contributed by atoms with Crippen molar-refractivity contribution in [2.75, 3.05) is 3.53 Å². The van der Waals surface area contributed by atoms with Gasteiger partial charge in [-0.1, -0.05) is 6.07 Å². The zero-order valence-corrected chi connectivity index (χ0v) is 24.1. The van der Waals surface area contributed by atoms with Crippen LogP contribution in [0.15, 0.2) is 55.0 Å². The lowest BCUT2D eigenvalue weighted by Gasteiger charge is -2.22. The number of aromatic nitrogens is 4. The average molecular weight is 620 g/mol. The van der Waals surface area contributed by atoms with Crippen LogP contribution in [0.1, 0.15) is 38.4 Å². The highest BCUT2D eigenvalue weighted by Gasteiger charge is 2.19. The normalized spacial score (nSPS) is 11.1. The third kappa shape index (κ3) is 6.04. The van der Waals surface area contributed by atoms with Gasteiger partial charge in [-0.2, -0.15) is 0 Å². The molecule has 3 unspecified atom stereocenters. The van der Waals surface area contributed by atoms with Gasteiger partial charge in [0.05, 0.1) is 47.2 Å². The van der Waals surface area contributed by atoms with Gasteiger partial charge in [0.25, 0.3) is 5.91 Å². The molecule has 4 aromatic rings. The number of rotatable bonds is 7. The first-order valence-corrected chi connectivity index (χ1v) is 13.4. The van der Waals surface area contributed by atoms with Gasteiger partial charge < -0.3 is 8.43 Å². The van der Waals surface area contributed by atoms with Gasteiger partial charge in [0.2, 0.25) is 0 Å². The third-order valence-corrected chi connectivity index (χ3v) is 6.85. The third-order valence-electron chi connectivity index (χ3n) is 5.27. The molecule has 3 atom stereocenters. The molecule has 0 radical (unpaired) electrons. The summed E-state index contributed by atoms with van der Waals surface area (Å²) in [7, 11) is 8.03. The molecule has 0 fully saturated rings. The van der Waals surface area contributed by atoms with Crippen LogP contribution < -0.4 is 8.83 Å². The van der Waals surface area contributed by atoms with Gasteiger partial charge in [0, 0.05) is 40.2 Å². The number of aryl methyl sites for hydroxylation is 1. The largest absolute Gasteiger partial charge is 0.325 e. The number of pyridine rings is 2. The number of hydrogen-bond donors (Lipinski definition) is 1. The van der Waals surface area contributed by atoms with E-state index in [0.717, 1.165) is 38.8 Å². The summed E-state index contributed by atoms with van der Waals surface area (Å²) < 4.78 is 3.07. The van der Waals surface area contributed by atoms with E-state index in [1.165, 1.54) is 0 Å². The smallest absolute Gasteiger partial charge is 0.254 e. The van der Waals surface area contributed by atoms with Crippen molar-refractivity contribution in [3.05, 3.63) is 83.2 Å². The number of halogens is 1. The molecule has 4 rings (SSSR count). The minimum absolute atomic E-state index is 0.116. The quantitative estimate of drug-likeness (QED) is 0.185. The Morgan fingerprint density at radius 1 is 1.06 bits per heavy atom. The molecular formula is C23H24IN6OP3. The van der Waals surface area contributed by atoms with Crippen molar-refractivity contribution >= 4 is 78.5 Å². The molecule has 1 aromatic carbocycles. The van der Waals surface area contributed by atoms with Crippen LogP contribution in [-0.4, -0.2) is 30.7 Å². The highest BCUT2D eigenvalue weighted by atomic mass is 127. The molecule has 174 valence electrons. The molecule has 7 nitrogen and oxygen atoms in total. The first-order chi connectivity index (χ1) is 16.3. The highest BCUT2D eigenvalue weighted by Crippen LogP contribution is 2.29. The number of carbonyl (C=O) groups is 1. The number of anilines is 1. The SMILES string of the molecule is Cc1cc2cc(C(=O)N(Cc3ccc(C(P)P)cn3)Cc3ncc(P)cn3)ccc2nc1NI. The van der Waals surface area contributed by atoms with E-state index in [1.54, 1.807) is 17.3 Å². The topological polar surface area (TPSA) is 83.9 Å². The van der Waals surface area contributed by atoms with Crippen LogP contribution in [-0.2, 0) is 13.1 Å². The maximum atomic E-state index is 13.6. The van der Waals surface area contributed by atoms with E-state index in [2.05, 4.69) is 74.1 Å². The van der Waals surface area contributed by atoms with Crippen molar-refractivity contribution in [1.82, 2.24) is 24.8 Å². The molecular weight excluding hydrogens is 596 g/mol. The minimum atomic E-state index is -0.116. The fraction of sp³-hybridized carbons (Fsp3) is 0.174. The maximum absolute atomic E-state index is 13.6. The molecule has 3 heterocycles. The summed E-state index contributed by atoms with van der Waals surface area (Å²) in [5, 5.41) is 2.04. The molecule has 34 heavy (non-hydrogen) atoms. The van der Waals surface area contributed by atoms with Gasteiger partial charge in [0.15, 0.2) is 0 Å². The molecule has 0 aliphatic heterocycles. The number of carbonyl (C=O) groups excluding carboxylic acids is 1. The lowest BCUT2D eigenvalue weighted by molar-refractivity contribution is 0.0723. The summed E-state index contributed by atoms with van der Waals surface area (Å²) in [5.74, 6) is 1.27. The number of amides is 1. The molecule has 0 saturated heterocycles. The lowest BCUT2D eigenvalue weighted by Crippen LogP contribution is -2.31. The Balaban J connectivity index is 1.66. The molecule has 11 heteroatoms. The van der Waals surface area contributed by atoms with E-state index in [4.69, 9.17) is 0 Å². The Kier molecular flexibility index (Phi) is 8.36. The number of fused-ring (bicyclic) bond motifs is 1. The van der Waals surface area contributed by atoms with E-state index in [1.807, 2.05) is 49.5 Å². The molecule has 0 spiro atoms. The van der Waals surface area contributed by atoms with E-state index >= 15 is 0 Å². The van der Waals surface area contributed by atoms with Crippen LogP contribution in [0.2, 0.25) is 0 Å². The van der Waals surface area contributed by atoms with Crippen molar-refractivity contribution in [2.45, 2.75) is 25.4 Å². The number of benzene rings is 1. The Morgan fingerprint density at radius 2 is 1.82 bits per heavy atom. The molecule has 0 aliphatic carbocycles. The molecule has 1 N–H and O–H groups in total. The fourth-order valence-corrected chi connectivity index (χ4v) is 4.52. The summed E-state index contributed by atoms with van der Waals surface area (Å²) in [6.07, 6.45) is 5.29. The minimum Gasteiger partial charge on any atom is -0.325 e. The van der Waals surface area contributed by atoms with E-state index in [0.29, 0.717) is 17.9 Å². The predicted molar refractivity (Wildman–Crippen MR) is 155 cm³/mol. The van der Waals surface area contributed by atoms with Gasteiger partial charge in [-0.25, -0.2) is 15.0 Å². The van der Waals surface area contributed by atoms with Crippen molar-refractivity contribution < 1.29 is 4.79 Å². The Morgan fingerprint density at radius 3 is 2.47 bits per heavy atom. The Bertz CT molecular complexity index is 1320. The van der Waals surface area contributed by atoms with Crippen LogP contribution in [0.3, 0.4) is 0 Å². The zero-order valence-electron chi connectivity index (χ0n) is 18.4. The molecule has 3 aromatic heterocycles. The maximum Gasteiger partial charge on any atom is 0.254 e. The van der Waals surface area contributed by atoms with Gasteiger partial charge in [-0.3, -0.25) is 9.78 Å². The van der Waals surface area contributed by atoms with Crippen molar-refractivity contribution in [3.63, 3.8) is 0 Å². The fourth-order valence-electron chi connectivity index (χ4n) is 3.43. The Labute approximate surface area is 219 Å². The van der Waals surface area contributed by atoms with Crippen LogP contribution >= 0.6 is 50.6 Å². The molecule has 0 saturated carbocycles. The summed E-state index contributed by atoms with van der Waals surface area (Å²) in [6.45, 7) is 2.61. The highest BCUT2D eigenvalue weighted by molar-refractivity contribution is 14.1. The predicted octanol–water partition coefficient (Wildman–Crippen LogP) is 4.58. The van der Waals surface area contributed by atoms with Gasteiger partial charge in [0.1, 0.15) is 11.6 Å². The van der Waals surface area contributed by atoms with Crippen molar-refractivity contribution in [2.24, 2.45) is 0 Å². The molecule has 0 aliphatic rings. The average Bonchev–Trinajstić information content (AvgIpc) is 2.84. The van der Waals surface area contributed by atoms with Crippen molar-refractivity contribution in [3.8, 4) is 0 Å². The van der Waals surface area contributed by atoms with E-state index in [9.17, 15) is 4.79 Å². The number of nitrogens with one attached hydrogen (secondary N) is 1. The van der Waals surface area contributed by atoms with Gasteiger partial charge in [-0.05, 0) is 48.4 Å². The van der Waals surface area contributed by atoms with Crippen LogP contribution in [0.25, 0.3) is 10.9 Å². The Hall–Kier alpha value is -1.85. The summed E-state index contributed by atoms with van der Waals surface area (Å²) in [6, 6.07) is 11.6. The number of hydrogen-bond acceptors (Lipinski definition) is 6. The monoisotopic (exact) mass is 620 g/mol. The van der Waals surface area contributed by atoms with Gasteiger partial charge >= 0.3 is 0 Å². The first-order valence-electron chi connectivity index (χ1n) is 10.4. The number of nitrogens with zero attached hydrogens (tertiary/aromatic N) is 5.